The van der Waals surface area contributed by atoms with Crippen molar-refractivity contribution in [1.82, 2.24) is 4.90 Å². The van der Waals surface area contributed by atoms with Gasteiger partial charge in [-0.3, -0.25) is 14.5 Å². The first-order chi connectivity index (χ1) is 13.5. The van der Waals surface area contributed by atoms with E-state index in [1.165, 1.54) is 4.90 Å². The Morgan fingerprint density at radius 1 is 1.11 bits per heavy atom. The maximum Gasteiger partial charge on any atom is 0.293 e. The second-order valence-electron chi connectivity index (χ2n) is 6.12. The van der Waals surface area contributed by atoms with Crippen LogP contribution in [0, 0.1) is 6.92 Å². The van der Waals surface area contributed by atoms with Crippen molar-refractivity contribution in [3.8, 4) is 11.5 Å². The molecule has 0 atom stereocenters. The van der Waals surface area contributed by atoms with Gasteiger partial charge in [0.15, 0.2) is 0 Å². The van der Waals surface area contributed by atoms with Crippen LogP contribution in [0.5, 0.6) is 11.5 Å². The molecule has 1 fully saturated rings. The van der Waals surface area contributed by atoms with Gasteiger partial charge in [0, 0.05) is 0 Å². The number of hydrogen-bond donors (Lipinski definition) is 0. The molecule has 0 N–H and O–H groups in total. The summed E-state index contributed by atoms with van der Waals surface area (Å²) < 4.78 is 11.0. The number of ether oxygens (including phenoxy) is 2. The van der Waals surface area contributed by atoms with Gasteiger partial charge in [-0.15, -0.1) is 0 Å². The minimum atomic E-state index is -0.326. The van der Waals surface area contributed by atoms with Crippen LogP contribution in [-0.2, 0) is 4.79 Å². The first-order valence-electron chi connectivity index (χ1n) is 8.85. The summed E-state index contributed by atoms with van der Waals surface area (Å²) in [5, 5.41) is 0.155. The molecule has 1 aliphatic rings. The molecule has 0 aliphatic carbocycles. The van der Waals surface area contributed by atoms with Gasteiger partial charge < -0.3 is 9.47 Å². The van der Waals surface area contributed by atoms with Gasteiger partial charge >= 0.3 is 0 Å². The maximum absolute atomic E-state index is 12.6. The van der Waals surface area contributed by atoms with E-state index in [-0.39, 0.29) is 24.3 Å². The SMILES string of the molecule is CCOc1ccc(/C=C2\SC(=O)N(CCOc3ccc(C)cc3)C2=O)cc1Cl. The van der Waals surface area contributed by atoms with E-state index in [9.17, 15) is 9.59 Å². The number of rotatable bonds is 7. The van der Waals surface area contributed by atoms with E-state index in [2.05, 4.69) is 0 Å². The fourth-order valence-electron chi connectivity index (χ4n) is 2.61. The fourth-order valence-corrected chi connectivity index (χ4v) is 3.72. The van der Waals surface area contributed by atoms with Gasteiger partial charge in [0.1, 0.15) is 18.1 Å². The summed E-state index contributed by atoms with van der Waals surface area (Å²) in [5.74, 6) is 0.965. The zero-order chi connectivity index (χ0) is 20.1. The third-order valence-corrected chi connectivity index (χ3v) is 5.23. The number of hydrogen-bond acceptors (Lipinski definition) is 5. The van der Waals surface area contributed by atoms with Gasteiger partial charge in [0.2, 0.25) is 0 Å². The summed E-state index contributed by atoms with van der Waals surface area (Å²) in [6.07, 6.45) is 1.66. The number of carbonyl (C=O) groups is 2. The van der Waals surface area contributed by atoms with Crippen LogP contribution >= 0.6 is 23.4 Å². The maximum atomic E-state index is 12.6. The summed E-state index contributed by atoms with van der Waals surface area (Å²) in [6.45, 7) is 4.82. The highest BCUT2D eigenvalue weighted by atomic mass is 35.5. The van der Waals surface area contributed by atoms with Crippen molar-refractivity contribution in [2.45, 2.75) is 13.8 Å². The van der Waals surface area contributed by atoms with Crippen LogP contribution in [0.4, 0.5) is 4.79 Å². The molecule has 1 saturated heterocycles. The first kappa shape index (κ1) is 20.3. The molecule has 0 spiro atoms. The molecule has 146 valence electrons. The van der Waals surface area contributed by atoms with Crippen molar-refractivity contribution in [1.29, 1.82) is 0 Å². The molecule has 0 bridgehead atoms. The third kappa shape index (κ3) is 4.88. The molecular weight excluding hydrogens is 398 g/mol. The molecule has 7 heteroatoms. The Morgan fingerprint density at radius 3 is 2.54 bits per heavy atom. The Labute approximate surface area is 173 Å². The zero-order valence-electron chi connectivity index (χ0n) is 15.6. The van der Waals surface area contributed by atoms with Crippen molar-refractivity contribution in [3.05, 3.63) is 63.5 Å². The van der Waals surface area contributed by atoms with Crippen molar-refractivity contribution >= 4 is 40.6 Å². The van der Waals surface area contributed by atoms with E-state index in [0.29, 0.717) is 28.0 Å². The van der Waals surface area contributed by atoms with Gasteiger partial charge in [-0.2, -0.15) is 0 Å². The standard InChI is InChI=1S/C21H20ClNO4S/c1-3-26-18-9-6-15(12-17(18)22)13-19-20(24)23(21(25)28-19)10-11-27-16-7-4-14(2)5-8-16/h4-9,12-13H,3,10-11H2,1-2H3/b19-13-. The number of carbonyl (C=O) groups excluding carboxylic acids is 2. The number of nitrogens with zero attached hydrogens (tertiary/aromatic N) is 1. The Kier molecular flexibility index (Phi) is 6.65. The molecule has 2 amide bonds. The molecule has 28 heavy (non-hydrogen) atoms. The second kappa shape index (κ2) is 9.17. The van der Waals surface area contributed by atoms with Gasteiger partial charge in [0.25, 0.3) is 11.1 Å². The first-order valence-corrected chi connectivity index (χ1v) is 10.0. The predicted molar refractivity (Wildman–Crippen MR) is 112 cm³/mol. The van der Waals surface area contributed by atoms with E-state index < -0.39 is 0 Å². The average molecular weight is 418 g/mol. The number of imide groups is 1. The highest BCUT2D eigenvalue weighted by molar-refractivity contribution is 8.18. The Bertz CT molecular complexity index is 911. The molecule has 0 aromatic heterocycles. The van der Waals surface area contributed by atoms with E-state index in [1.54, 1.807) is 24.3 Å². The van der Waals surface area contributed by atoms with Gasteiger partial charge in [-0.05, 0) is 61.5 Å². The summed E-state index contributed by atoms with van der Waals surface area (Å²) in [6, 6.07) is 12.9. The Balaban J connectivity index is 1.63. The van der Waals surface area contributed by atoms with Gasteiger partial charge in [-0.25, -0.2) is 0 Å². The van der Waals surface area contributed by atoms with E-state index in [1.807, 2.05) is 38.1 Å². The highest BCUT2D eigenvalue weighted by Crippen LogP contribution is 2.33. The topological polar surface area (TPSA) is 55.8 Å². The average Bonchev–Trinajstić information content (AvgIpc) is 2.93. The number of halogens is 1. The quantitative estimate of drug-likeness (QED) is 0.582. The van der Waals surface area contributed by atoms with E-state index in [0.717, 1.165) is 22.9 Å². The minimum Gasteiger partial charge on any atom is -0.492 e. The molecule has 0 radical (unpaired) electrons. The van der Waals surface area contributed by atoms with Crippen LogP contribution in [0.3, 0.4) is 0 Å². The van der Waals surface area contributed by atoms with Crippen molar-refractivity contribution in [3.63, 3.8) is 0 Å². The molecule has 1 aliphatic heterocycles. The predicted octanol–water partition coefficient (Wildman–Crippen LogP) is 5.16. The minimum absolute atomic E-state index is 0.194. The lowest BCUT2D eigenvalue weighted by molar-refractivity contribution is -0.123. The molecule has 2 aromatic rings. The fraction of sp³-hybridized carbons (Fsp3) is 0.238. The van der Waals surface area contributed by atoms with Gasteiger partial charge in [0.05, 0.1) is 23.1 Å². The molecule has 2 aromatic carbocycles. The van der Waals surface area contributed by atoms with Crippen LogP contribution < -0.4 is 9.47 Å². The summed E-state index contributed by atoms with van der Waals surface area (Å²) >= 11 is 7.10. The van der Waals surface area contributed by atoms with Crippen LogP contribution in [0.2, 0.25) is 5.02 Å². The molecule has 0 unspecified atom stereocenters. The third-order valence-electron chi connectivity index (χ3n) is 4.03. The van der Waals surface area contributed by atoms with Gasteiger partial charge in [-0.1, -0.05) is 35.4 Å². The molecule has 5 nitrogen and oxygen atoms in total. The van der Waals surface area contributed by atoms with E-state index in [4.69, 9.17) is 21.1 Å². The largest absolute Gasteiger partial charge is 0.492 e. The van der Waals surface area contributed by atoms with E-state index >= 15 is 0 Å². The monoisotopic (exact) mass is 417 g/mol. The lowest BCUT2D eigenvalue weighted by Gasteiger charge is -2.13. The summed E-state index contributed by atoms with van der Waals surface area (Å²) in [7, 11) is 0. The summed E-state index contributed by atoms with van der Waals surface area (Å²) in [4.78, 5) is 26.3. The lowest BCUT2D eigenvalue weighted by Crippen LogP contribution is -2.32. The highest BCUT2D eigenvalue weighted by Gasteiger charge is 2.34. The lowest BCUT2D eigenvalue weighted by atomic mass is 10.2. The number of benzene rings is 2. The Morgan fingerprint density at radius 2 is 1.86 bits per heavy atom. The van der Waals surface area contributed by atoms with Crippen LogP contribution in [0.1, 0.15) is 18.1 Å². The van der Waals surface area contributed by atoms with Crippen molar-refractivity contribution in [2.24, 2.45) is 0 Å². The zero-order valence-corrected chi connectivity index (χ0v) is 17.2. The Hall–Kier alpha value is -2.44. The molecule has 3 rings (SSSR count). The van der Waals surface area contributed by atoms with Crippen LogP contribution in [0.25, 0.3) is 6.08 Å². The second-order valence-corrected chi connectivity index (χ2v) is 7.52. The van der Waals surface area contributed by atoms with Crippen LogP contribution in [0.15, 0.2) is 47.4 Å². The van der Waals surface area contributed by atoms with Crippen LogP contribution in [-0.4, -0.2) is 35.8 Å². The van der Waals surface area contributed by atoms with Crippen molar-refractivity contribution < 1.29 is 19.1 Å². The number of thioether (sulfide) groups is 1. The van der Waals surface area contributed by atoms with Crippen molar-refractivity contribution in [2.75, 3.05) is 19.8 Å². The smallest absolute Gasteiger partial charge is 0.293 e. The molecule has 1 heterocycles. The molecule has 0 saturated carbocycles. The number of amides is 2. The summed E-state index contributed by atoms with van der Waals surface area (Å²) in [5.41, 5.74) is 1.87. The number of aryl methyl sites for hydroxylation is 1. The normalized spacial score (nSPS) is 15.4. The molecular formula is C21H20ClNO4S.